The zero-order chi connectivity index (χ0) is 20.5. The lowest BCUT2D eigenvalue weighted by Gasteiger charge is -2.17. The number of hydrogen-bond acceptors (Lipinski definition) is 5. The Hall–Kier alpha value is -2.55. The molecular weight excluding hydrogens is 381 g/mol. The molecule has 2 aliphatic rings. The molecule has 1 heterocycles. The maximum atomic E-state index is 12.7. The average Bonchev–Trinajstić information content (AvgIpc) is 3.14. The highest BCUT2D eigenvalue weighted by Gasteiger charge is 2.51. The lowest BCUT2D eigenvalue weighted by atomic mass is 9.87. The van der Waals surface area contributed by atoms with Crippen LogP contribution in [0.3, 0.4) is 0 Å². The monoisotopic (exact) mass is 400 g/mol. The second-order valence-corrected chi connectivity index (χ2v) is 6.94. The first-order valence-electron chi connectivity index (χ1n) is 8.74. The molecule has 3 rings (SSSR count). The van der Waals surface area contributed by atoms with E-state index in [9.17, 15) is 33.0 Å². The molecule has 2 fully saturated rings. The topological polar surface area (TPSA) is 93.1 Å². The highest BCUT2D eigenvalue weighted by molar-refractivity contribution is 5.75. The van der Waals surface area contributed by atoms with Crippen LogP contribution in [0.25, 0.3) is 0 Å². The number of esters is 1. The van der Waals surface area contributed by atoms with Gasteiger partial charge in [-0.25, -0.2) is 0 Å². The molecule has 0 unspecified atom stereocenters. The van der Waals surface area contributed by atoms with Crippen LogP contribution < -0.4 is 4.74 Å². The summed E-state index contributed by atoms with van der Waals surface area (Å²) < 4.78 is 48.4. The molecule has 9 heteroatoms. The SMILES string of the molecule is O=C1C[C@@H]2[C@@H](/C=C/[C@@H](O)COc3cccc(C(F)(F)F)c3)[C@H](C(=O)O)C[C@@H]2O1. The van der Waals surface area contributed by atoms with Gasteiger partial charge in [-0.05, 0) is 30.5 Å². The molecule has 0 amide bonds. The summed E-state index contributed by atoms with van der Waals surface area (Å²) in [6, 6.07) is 4.29. The third kappa shape index (κ3) is 4.46. The fraction of sp³-hybridized carbons (Fsp3) is 0.474. The number of allylic oxidation sites excluding steroid dienone is 1. The van der Waals surface area contributed by atoms with E-state index in [0.29, 0.717) is 0 Å². The Morgan fingerprint density at radius 2 is 2.14 bits per heavy atom. The van der Waals surface area contributed by atoms with Crippen molar-refractivity contribution >= 4 is 11.9 Å². The summed E-state index contributed by atoms with van der Waals surface area (Å²) >= 11 is 0. The number of benzene rings is 1. The Morgan fingerprint density at radius 3 is 2.82 bits per heavy atom. The zero-order valence-electron chi connectivity index (χ0n) is 14.6. The van der Waals surface area contributed by atoms with Gasteiger partial charge in [-0.2, -0.15) is 13.2 Å². The van der Waals surface area contributed by atoms with E-state index in [0.717, 1.165) is 12.1 Å². The Balaban J connectivity index is 1.61. The van der Waals surface area contributed by atoms with E-state index in [1.807, 2.05) is 0 Å². The number of aliphatic carboxylic acids is 1. The first-order valence-corrected chi connectivity index (χ1v) is 8.74. The number of halogens is 3. The molecule has 1 saturated heterocycles. The van der Waals surface area contributed by atoms with Crippen molar-refractivity contribution in [3.63, 3.8) is 0 Å². The van der Waals surface area contributed by atoms with Gasteiger partial charge < -0.3 is 19.7 Å². The van der Waals surface area contributed by atoms with Crippen LogP contribution in [0.4, 0.5) is 13.2 Å². The molecule has 0 aromatic heterocycles. The van der Waals surface area contributed by atoms with Gasteiger partial charge in [0.25, 0.3) is 0 Å². The zero-order valence-corrected chi connectivity index (χ0v) is 14.6. The molecule has 0 spiro atoms. The molecule has 28 heavy (non-hydrogen) atoms. The predicted molar refractivity (Wildman–Crippen MR) is 89.3 cm³/mol. The number of carbonyl (C=O) groups is 2. The van der Waals surface area contributed by atoms with Crippen molar-refractivity contribution in [2.45, 2.75) is 31.2 Å². The van der Waals surface area contributed by atoms with E-state index in [-0.39, 0.29) is 37.1 Å². The van der Waals surface area contributed by atoms with Crippen LogP contribution >= 0.6 is 0 Å². The van der Waals surface area contributed by atoms with Gasteiger partial charge in [0.05, 0.1) is 17.9 Å². The molecule has 5 atom stereocenters. The molecule has 2 N–H and O–H groups in total. The van der Waals surface area contributed by atoms with Gasteiger partial charge in [0.1, 0.15) is 24.6 Å². The van der Waals surface area contributed by atoms with Gasteiger partial charge >= 0.3 is 18.1 Å². The van der Waals surface area contributed by atoms with Crippen molar-refractivity contribution in [2.24, 2.45) is 17.8 Å². The van der Waals surface area contributed by atoms with Crippen molar-refractivity contribution in [3.8, 4) is 5.75 Å². The lowest BCUT2D eigenvalue weighted by Crippen LogP contribution is -2.22. The van der Waals surface area contributed by atoms with E-state index in [2.05, 4.69) is 0 Å². The minimum atomic E-state index is -4.50. The fourth-order valence-electron chi connectivity index (χ4n) is 3.74. The minimum absolute atomic E-state index is 0.0404. The third-order valence-corrected chi connectivity index (χ3v) is 5.06. The van der Waals surface area contributed by atoms with Crippen molar-refractivity contribution in [3.05, 3.63) is 42.0 Å². The Bertz CT molecular complexity index is 775. The Morgan fingerprint density at radius 1 is 1.39 bits per heavy atom. The van der Waals surface area contributed by atoms with Gasteiger partial charge in [-0.15, -0.1) is 0 Å². The van der Waals surface area contributed by atoms with Crippen LogP contribution in [-0.4, -0.2) is 41.0 Å². The number of carbonyl (C=O) groups excluding carboxylic acids is 1. The van der Waals surface area contributed by atoms with Crippen molar-refractivity contribution in [2.75, 3.05) is 6.61 Å². The van der Waals surface area contributed by atoms with E-state index < -0.39 is 41.8 Å². The summed E-state index contributed by atoms with van der Waals surface area (Å²) in [5, 5.41) is 19.4. The number of carboxylic acid groups (broad SMARTS) is 1. The number of ether oxygens (including phenoxy) is 2. The molecule has 1 aromatic rings. The predicted octanol–water partition coefficient (Wildman–Crippen LogP) is 2.65. The molecule has 1 aromatic carbocycles. The van der Waals surface area contributed by atoms with E-state index in [4.69, 9.17) is 9.47 Å². The molecule has 6 nitrogen and oxygen atoms in total. The Labute approximate surface area is 158 Å². The summed E-state index contributed by atoms with van der Waals surface area (Å²) in [5.74, 6) is -2.88. The van der Waals surface area contributed by atoms with Gasteiger partial charge in [0.15, 0.2) is 0 Å². The summed E-state index contributed by atoms with van der Waals surface area (Å²) in [4.78, 5) is 22.9. The maximum Gasteiger partial charge on any atom is 0.416 e. The quantitative estimate of drug-likeness (QED) is 0.563. The van der Waals surface area contributed by atoms with E-state index in [1.165, 1.54) is 24.3 Å². The molecule has 152 valence electrons. The number of aliphatic hydroxyl groups is 1. The van der Waals surface area contributed by atoms with Crippen molar-refractivity contribution < 1.29 is 42.4 Å². The summed E-state index contributed by atoms with van der Waals surface area (Å²) in [6.45, 7) is -0.300. The van der Waals surface area contributed by atoms with Crippen LogP contribution in [0.2, 0.25) is 0 Å². The lowest BCUT2D eigenvalue weighted by molar-refractivity contribution is -0.146. The standard InChI is InChI=1S/C19H19F3O6/c20-19(21,22)10-2-1-3-12(6-10)27-9-11(23)4-5-13-14-8-17(24)28-16(14)7-15(13)18(25)26/h1-6,11,13-16,23H,7-9H2,(H,25,26)/b5-4+/t11-,13-,14-,15-,16+/m1/s1. The van der Waals surface area contributed by atoms with E-state index >= 15 is 0 Å². The second kappa shape index (κ2) is 7.83. The summed E-state index contributed by atoms with van der Waals surface area (Å²) in [7, 11) is 0. The number of rotatable bonds is 6. The average molecular weight is 400 g/mol. The molecular formula is C19H19F3O6. The number of fused-ring (bicyclic) bond motifs is 1. The number of aliphatic hydroxyl groups excluding tert-OH is 1. The van der Waals surface area contributed by atoms with Crippen LogP contribution in [-0.2, 0) is 20.5 Å². The van der Waals surface area contributed by atoms with Crippen molar-refractivity contribution in [1.29, 1.82) is 0 Å². The summed E-state index contributed by atoms with van der Waals surface area (Å²) in [6.07, 6.45) is -2.87. The Kier molecular flexibility index (Phi) is 5.64. The summed E-state index contributed by atoms with van der Waals surface area (Å²) in [5.41, 5.74) is -0.859. The highest BCUT2D eigenvalue weighted by atomic mass is 19.4. The first kappa shape index (κ1) is 20.2. The number of alkyl halides is 3. The minimum Gasteiger partial charge on any atom is -0.491 e. The van der Waals surface area contributed by atoms with Crippen LogP contribution in [0.5, 0.6) is 5.75 Å². The van der Waals surface area contributed by atoms with Gasteiger partial charge in [0, 0.05) is 5.92 Å². The first-order chi connectivity index (χ1) is 13.1. The fourth-order valence-corrected chi connectivity index (χ4v) is 3.74. The smallest absolute Gasteiger partial charge is 0.416 e. The van der Waals surface area contributed by atoms with Crippen LogP contribution in [0.15, 0.2) is 36.4 Å². The van der Waals surface area contributed by atoms with Crippen molar-refractivity contribution in [1.82, 2.24) is 0 Å². The molecule has 1 aliphatic heterocycles. The van der Waals surface area contributed by atoms with E-state index in [1.54, 1.807) is 0 Å². The largest absolute Gasteiger partial charge is 0.491 e. The number of hydrogen-bond donors (Lipinski definition) is 2. The molecule has 0 radical (unpaired) electrons. The molecule has 0 bridgehead atoms. The highest BCUT2D eigenvalue weighted by Crippen LogP contribution is 2.45. The second-order valence-electron chi connectivity index (χ2n) is 6.94. The third-order valence-electron chi connectivity index (χ3n) is 5.06. The maximum absolute atomic E-state index is 12.7. The van der Waals surface area contributed by atoms with Gasteiger partial charge in [-0.1, -0.05) is 18.2 Å². The van der Waals surface area contributed by atoms with Gasteiger partial charge in [-0.3, -0.25) is 9.59 Å². The normalized spacial score (nSPS) is 28.2. The van der Waals surface area contributed by atoms with Crippen LogP contribution in [0.1, 0.15) is 18.4 Å². The van der Waals surface area contributed by atoms with Gasteiger partial charge in [0.2, 0.25) is 0 Å². The molecule has 1 aliphatic carbocycles. The number of carboxylic acids is 1. The molecule has 1 saturated carbocycles. The van der Waals surface area contributed by atoms with Crippen LogP contribution in [0, 0.1) is 17.8 Å².